The first kappa shape index (κ1) is 11.2. The molecule has 0 aliphatic rings. The number of nitro benzene ring substituents is 1. The van der Waals surface area contributed by atoms with Crippen molar-refractivity contribution < 1.29 is 18.5 Å². The van der Waals surface area contributed by atoms with Gasteiger partial charge in [0.05, 0.1) is 4.92 Å². The van der Waals surface area contributed by atoms with Crippen LogP contribution in [0.1, 0.15) is 5.56 Å². The zero-order valence-corrected chi connectivity index (χ0v) is 8.05. The average molecular weight is 227 g/mol. The van der Waals surface area contributed by atoms with E-state index in [1.165, 1.54) is 18.2 Å². The number of rotatable bonds is 2. The van der Waals surface area contributed by atoms with Crippen molar-refractivity contribution in [3.8, 4) is 0 Å². The van der Waals surface area contributed by atoms with Crippen molar-refractivity contribution in [3.05, 3.63) is 45.5 Å². The second kappa shape index (κ2) is 4.56. The van der Waals surface area contributed by atoms with Gasteiger partial charge in [0.15, 0.2) is 5.56 Å². The third kappa shape index (κ3) is 2.32. The van der Waals surface area contributed by atoms with Gasteiger partial charge >= 0.3 is 5.04 Å². The van der Waals surface area contributed by atoms with E-state index in [1.54, 1.807) is 0 Å². The second-order valence-corrected chi connectivity index (χ2v) is 3.31. The summed E-state index contributed by atoms with van der Waals surface area (Å²) >= 11 is -2.59. The summed E-state index contributed by atoms with van der Waals surface area (Å²) in [5.41, 5.74) is 7.88. The number of para-hydroxylation sites is 1. The standard InChI is InChI=1S/C7H5N3O4S/c8-9-7(15(13)14)5-3-1-2-4-6(5)10(11)12/h1-4H,(H,13,14). The molecule has 1 N–H and O–H groups in total. The van der Waals surface area contributed by atoms with E-state index in [-0.39, 0.29) is 5.56 Å². The van der Waals surface area contributed by atoms with Crippen LogP contribution in [0.3, 0.4) is 0 Å². The molecule has 7 nitrogen and oxygen atoms in total. The summed E-state index contributed by atoms with van der Waals surface area (Å²) in [6.45, 7) is 0. The molecule has 0 saturated heterocycles. The van der Waals surface area contributed by atoms with Crippen LogP contribution in [-0.2, 0) is 11.1 Å². The predicted octanol–water partition coefficient (Wildman–Crippen LogP) is 0.793. The Bertz CT molecular complexity index is 481. The Morgan fingerprint density at radius 2 is 2.13 bits per heavy atom. The van der Waals surface area contributed by atoms with E-state index in [9.17, 15) is 14.3 Å². The van der Waals surface area contributed by atoms with E-state index < -0.39 is 26.7 Å². The van der Waals surface area contributed by atoms with Crippen LogP contribution in [0.2, 0.25) is 0 Å². The van der Waals surface area contributed by atoms with E-state index >= 15 is 0 Å². The van der Waals surface area contributed by atoms with Crippen LogP contribution in [0, 0.1) is 10.1 Å². The van der Waals surface area contributed by atoms with Crippen LogP contribution < -0.4 is 0 Å². The van der Waals surface area contributed by atoms with Gasteiger partial charge in [0, 0.05) is 6.07 Å². The lowest BCUT2D eigenvalue weighted by atomic mass is 10.2. The van der Waals surface area contributed by atoms with Gasteiger partial charge in [-0.3, -0.25) is 14.7 Å². The highest BCUT2D eigenvalue weighted by Gasteiger charge is 2.28. The number of hydrogen-bond acceptors (Lipinski definition) is 3. The van der Waals surface area contributed by atoms with Gasteiger partial charge in [0.25, 0.3) is 16.8 Å². The third-order valence-corrected chi connectivity index (χ3v) is 2.22. The Labute approximate surface area is 86.4 Å². The smallest absolute Gasteiger partial charge is 0.360 e. The fourth-order valence-electron chi connectivity index (χ4n) is 0.997. The summed E-state index contributed by atoms with van der Waals surface area (Å²) in [5.74, 6) is 0. The molecule has 0 aromatic heterocycles. The molecule has 0 saturated carbocycles. The second-order valence-electron chi connectivity index (χ2n) is 2.43. The maximum atomic E-state index is 10.7. The first-order chi connectivity index (χ1) is 7.07. The van der Waals surface area contributed by atoms with Crippen LogP contribution in [0.4, 0.5) is 5.69 Å². The van der Waals surface area contributed by atoms with E-state index in [4.69, 9.17) is 10.1 Å². The molecule has 0 aliphatic carbocycles. The number of nitrogens with zero attached hydrogens (tertiary/aromatic N) is 3. The Morgan fingerprint density at radius 3 is 2.60 bits per heavy atom. The molecule has 1 atom stereocenters. The maximum Gasteiger partial charge on any atom is 0.419 e. The number of hydrogen-bond donors (Lipinski definition) is 1. The molecule has 1 unspecified atom stereocenters. The van der Waals surface area contributed by atoms with E-state index in [1.807, 2.05) is 0 Å². The lowest BCUT2D eigenvalue weighted by Gasteiger charge is -1.94. The molecule has 0 amide bonds. The summed E-state index contributed by atoms with van der Waals surface area (Å²) in [6, 6.07) is 5.20. The van der Waals surface area contributed by atoms with Gasteiger partial charge in [-0.1, -0.05) is 12.1 Å². The van der Waals surface area contributed by atoms with Gasteiger partial charge < -0.3 is 5.53 Å². The topological polar surface area (TPSA) is 117 Å². The van der Waals surface area contributed by atoms with Crippen molar-refractivity contribution in [1.29, 1.82) is 0 Å². The number of benzene rings is 1. The van der Waals surface area contributed by atoms with Crippen LogP contribution in [0.25, 0.3) is 5.53 Å². The molecule has 0 heterocycles. The molecule has 0 aliphatic heterocycles. The lowest BCUT2D eigenvalue weighted by molar-refractivity contribution is -0.385. The fraction of sp³-hybridized carbons (Fsp3) is 0. The van der Waals surface area contributed by atoms with Gasteiger partial charge in [-0.15, -0.1) is 0 Å². The Morgan fingerprint density at radius 1 is 1.53 bits per heavy atom. The summed E-state index contributed by atoms with van der Waals surface area (Å²) in [7, 11) is 0. The van der Waals surface area contributed by atoms with E-state index in [0.29, 0.717) is 0 Å². The molecule has 78 valence electrons. The molecule has 1 aromatic carbocycles. The first-order valence-electron chi connectivity index (χ1n) is 3.64. The van der Waals surface area contributed by atoms with E-state index in [0.717, 1.165) is 6.07 Å². The van der Waals surface area contributed by atoms with Crippen LogP contribution in [0.15, 0.2) is 24.3 Å². The monoisotopic (exact) mass is 227 g/mol. The van der Waals surface area contributed by atoms with Crippen molar-refractivity contribution in [1.82, 2.24) is 0 Å². The highest BCUT2D eigenvalue weighted by molar-refractivity contribution is 7.95. The van der Waals surface area contributed by atoms with Gasteiger partial charge in [-0.25, -0.2) is 4.21 Å². The molecular weight excluding hydrogens is 222 g/mol. The molecular formula is C7H5N3O4S. The zero-order chi connectivity index (χ0) is 11.4. The Kier molecular flexibility index (Phi) is 3.40. The highest BCUT2D eigenvalue weighted by atomic mass is 32.2. The Hall–Kier alpha value is -1.89. The quantitative estimate of drug-likeness (QED) is 0.153. The minimum atomic E-state index is -2.59. The first-order valence-corrected chi connectivity index (χ1v) is 4.75. The van der Waals surface area contributed by atoms with Crippen molar-refractivity contribution in [2.45, 2.75) is 0 Å². The average Bonchev–Trinajstić information content (AvgIpc) is 2.18. The van der Waals surface area contributed by atoms with E-state index in [2.05, 4.69) is 4.79 Å². The zero-order valence-electron chi connectivity index (χ0n) is 7.23. The van der Waals surface area contributed by atoms with Crippen molar-refractivity contribution >= 4 is 21.8 Å². The summed E-state index contributed by atoms with van der Waals surface area (Å²) in [4.78, 5) is 12.4. The molecule has 8 heteroatoms. The molecule has 1 aromatic rings. The van der Waals surface area contributed by atoms with Crippen molar-refractivity contribution in [2.24, 2.45) is 0 Å². The van der Waals surface area contributed by atoms with Gasteiger partial charge in [-0.05, 0) is 6.07 Å². The fourth-order valence-corrected chi connectivity index (χ4v) is 1.43. The molecule has 15 heavy (non-hydrogen) atoms. The highest BCUT2D eigenvalue weighted by Crippen LogP contribution is 2.18. The van der Waals surface area contributed by atoms with Gasteiger partial charge in [0.1, 0.15) is 0 Å². The summed E-state index contributed by atoms with van der Waals surface area (Å²) < 4.78 is 19.4. The number of nitro groups is 1. The molecule has 0 spiro atoms. The summed E-state index contributed by atoms with van der Waals surface area (Å²) in [5, 5.41) is 9.90. The van der Waals surface area contributed by atoms with Crippen molar-refractivity contribution in [3.63, 3.8) is 0 Å². The molecule has 0 radical (unpaired) electrons. The SMILES string of the molecule is [N-]=[N+]=C(c1ccccc1[N+](=O)[O-])S(=O)O. The third-order valence-electron chi connectivity index (χ3n) is 1.59. The van der Waals surface area contributed by atoms with Crippen LogP contribution >= 0.6 is 0 Å². The maximum absolute atomic E-state index is 10.7. The van der Waals surface area contributed by atoms with Crippen LogP contribution in [-0.4, -0.2) is 23.5 Å². The molecule has 0 fully saturated rings. The predicted molar refractivity (Wildman–Crippen MR) is 51.6 cm³/mol. The molecule has 0 bridgehead atoms. The normalized spacial score (nSPS) is 11.5. The van der Waals surface area contributed by atoms with Crippen molar-refractivity contribution in [2.75, 3.05) is 0 Å². The Balaban J connectivity index is 3.43. The largest absolute Gasteiger partial charge is 0.419 e. The lowest BCUT2D eigenvalue weighted by Crippen LogP contribution is -2.11. The van der Waals surface area contributed by atoms with Gasteiger partial charge in [0.2, 0.25) is 0 Å². The minimum absolute atomic E-state index is 0.189. The summed E-state index contributed by atoms with van der Waals surface area (Å²) in [6.07, 6.45) is 0. The van der Waals surface area contributed by atoms with Crippen LogP contribution in [0.5, 0.6) is 0 Å². The van der Waals surface area contributed by atoms with Gasteiger partial charge in [-0.2, -0.15) is 4.79 Å². The minimum Gasteiger partial charge on any atom is -0.360 e. The molecule has 1 rings (SSSR count).